The van der Waals surface area contributed by atoms with Gasteiger partial charge in [0.25, 0.3) is 10.0 Å². The van der Waals surface area contributed by atoms with Crippen molar-refractivity contribution in [1.29, 1.82) is 0 Å². The SMILES string of the molecule is CNC(=O)[C@H](Cc1ccccc1)N(Cc1cccc(Br)c1)C(=O)CN(c1cc(Cl)cc(Cl)c1)S(=O)(=O)c1ccc(C)cc1. The van der Waals surface area contributed by atoms with E-state index in [1.807, 2.05) is 61.5 Å². The van der Waals surface area contributed by atoms with E-state index in [0.29, 0.717) is 0 Å². The molecule has 0 fully saturated rings. The van der Waals surface area contributed by atoms with E-state index < -0.39 is 28.5 Å². The van der Waals surface area contributed by atoms with Crippen LogP contribution in [-0.2, 0) is 32.6 Å². The molecule has 1 atom stereocenters. The van der Waals surface area contributed by atoms with E-state index in [1.54, 1.807) is 12.1 Å². The molecule has 0 bridgehead atoms. The lowest BCUT2D eigenvalue weighted by atomic mass is 10.0. The van der Waals surface area contributed by atoms with Crippen LogP contribution in [0.5, 0.6) is 0 Å². The fourth-order valence-electron chi connectivity index (χ4n) is 4.60. The lowest BCUT2D eigenvalue weighted by molar-refractivity contribution is -0.139. The smallest absolute Gasteiger partial charge is 0.264 e. The molecule has 224 valence electrons. The monoisotopic (exact) mass is 701 g/mol. The fraction of sp³-hybridized carbons (Fsp3) is 0.188. The molecule has 0 aromatic heterocycles. The van der Waals surface area contributed by atoms with Gasteiger partial charge in [-0.2, -0.15) is 0 Å². The minimum atomic E-state index is -4.26. The summed E-state index contributed by atoms with van der Waals surface area (Å²) in [4.78, 5) is 29.1. The van der Waals surface area contributed by atoms with Crippen LogP contribution >= 0.6 is 39.1 Å². The van der Waals surface area contributed by atoms with Crippen molar-refractivity contribution in [3.05, 3.63) is 128 Å². The number of carbonyl (C=O) groups is 2. The molecule has 0 saturated carbocycles. The quantitative estimate of drug-likeness (QED) is 0.190. The van der Waals surface area contributed by atoms with Crippen molar-refractivity contribution in [3.63, 3.8) is 0 Å². The van der Waals surface area contributed by atoms with Crippen LogP contribution in [0, 0.1) is 6.92 Å². The number of aryl methyl sites for hydroxylation is 1. The largest absolute Gasteiger partial charge is 0.357 e. The van der Waals surface area contributed by atoms with Gasteiger partial charge in [0.15, 0.2) is 0 Å². The van der Waals surface area contributed by atoms with E-state index in [4.69, 9.17) is 23.2 Å². The summed E-state index contributed by atoms with van der Waals surface area (Å²) in [6.07, 6.45) is 0.216. The van der Waals surface area contributed by atoms with Crippen molar-refractivity contribution < 1.29 is 18.0 Å². The van der Waals surface area contributed by atoms with Gasteiger partial charge in [0.05, 0.1) is 10.6 Å². The first-order valence-corrected chi connectivity index (χ1v) is 16.3. The number of hydrogen-bond donors (Lipinski definition) is 1. The van der Waals surface area contributed by atoms with Crippen LogP contribution in [0.15, 0.2) is 106 Å². The van der Waals surface area contributed by atoms with Crippen LogP contribution in [0.25, 0.3) is 0 Å². The molecule has 2 amide bonds. The third kappa shape index (κ3) is 8.38. The molecular weight excluding hydrogens is 673 g/mol. The zero-order chi connectivity index (χ0) is 31.1. The maximum Gasteiger partial charge on any atom is 0.264 e. The molecule has 4 aromatic carbocycles. The predicted octanol–water partition coefficient (Wildman–Crippen LogP) is 6.65. The van der Waals surface area contributed by atoms with E-state index in [1.165, 1.54) is 42.3 Å². The molecular formula is C32H30BrCl2N3O4S. The number of benzene rings is 4. The highest BCUT2D eigenvalue weighted by atomic mass is 79.9. The van der Waals surface area contributed by atoms with E-state index in [9.17, 15) is 18.0 Å². The number of anilines is 1. The summed E-state index contributed by atoms with van der Waals surface area (Å²) < 4.78 is 29.9. The van der Waals surface area contributed by atoms with Crippen molar-refractivity contribution in [2.24, 2.45) is 0 Å². The second-order valence-corrected chi connectivity index (χ2v) is 13.6. The first kappa shape index (κ1) is 32.5. The number of nitrogens with one attached hydrogen (secondary N) is 1. The molecule has 7 nitrogen and oxygen atoms in total. The van der Waals surface area contributed by atoms with Gasteiger partial charge in [-0.3, -0.25) is 13.9 Å². The first-order chi connectivity index (χ1) is 20.5. The van der Waals surface area contributed by atoms with Gasteiger partial charge < -0.3 is 10.2 Å². The van der Waals surface area contributed by atoms with Crippen molar-refractivity contribution in [2.75, 3.05) is 17.9 Å². The number of amides is 2. The summed E-state index contributed by atoms with van der Waals surface area (Å²) in [5.74, 6) is -0.970. The number of rotatable bonds is 11. The van der Waals surface area contributed by atoms with Crippen molar-refractivity contribution >= 4 is 66.7 Å². The Balaban J connectivity index is 1.81. The molecule has 43 heavy (non-hydrogen) atoms. The summed E-state index contributed by atoms with van der Waals surface area (Å²) in [7, 11) is -2.76. The molecule has 0 aliphatic heterocycles. The summed E-state index contributed by atoms with van der Waals surface area (Å²) >= 11 is 16.0. The summed E-state index contributed by atoms with van der Waals surface area (Å²) in [6, 6.07) is 26.4. The molecule has 0 spiro atoms. The van der Waals surface area contributed by atoms with E-state index >= 15 is 0 Å². The number of halogens is 3. The van der Waals surface area contributed by atoms with Crippen LogP contribution in [0.2, 0.25) is 10.0 Å². The maximum atomic E-state index is 14.3. The van der Waals surface area contributed by atoms with E-state index in [0.717, 1.165) is 25.5 Å². The van der Waals surface area contributed by atoms with Gasteiger partial charge in [-0.25, -0.2) is 8.42 Å². The van der Waals surface area contributed by atoms with Gasteiger partial charge in [0.1, 0.15) is 12.6 Å². The van der Waals surface area contributed by atoms with Gasteiger partial charge in [-0.1, -0.05) is 99.3 Å². The molecule has 0 unspecified atom stereocenters. The normalized spacial score (nSPS) is 11.9. The number of nitrogens with zero attached hydrogens (tertiary/aromatic N) is 2. The Bertz CT molecular complexity index is 1680. The summed E-state index contributed by atoms with van der Waals surface area (Å²) in [5.41, 5.74) is 2.59. The Kier molecular flexibility index (Phi) is 10.9. The van der Waals surface area contributed by atoms with Gasteiger partial charge in [0, 0.05) is 34.5 Å². The third-order valence-electron chi connectivity index (χ3n) is 6.78. The highest BCUT2D eigenvalue weighted by molar-refractivity contribution is 9.10. The van der Waals surface area contributed by atoms with Gasteiger partial charge >= 0.3 is 0 Å². The van der Waals surface area contributed by atoms with Gasteiger partial charge in [-0.15, -0.1) is 0 Å². The van der Waals surface area contributed by atoms with Gasteiger partial charge in [-0.05, 0) is 60.5 Å². The lowest BCUT2D eigenvalue weighted by Crippen LogP contribution is -2.53. The highest BCUT2D eigenvalue weighted by Gasteiger charge is 2.34. The third-order valence-corrected chi connectivity index (χ3v) is 9.50. The first-order valence-electron chi connectivity index (χ1n) is 13.3. The molecule has 0 aliphatic carbocycles. The Hall–Kier alpha value is -3.37. The molecule has 0 heterocycles. The second kappa shape index (κ2) is 14.4. The molecule has 0 aliphatic rings. The maximum absolute atomic E-state index is 14.3. The minimum absolute atomic E-state index is 0.00678. The average molecular weight is 703 g/mol. The zero-order valence-electron chi connectivity index (χ0n) is 23.5. The Morgan fingerprint density at radius 2 is 1.49 bits per heavy atom. The molecule has 1 N–H and O–H groups in total. The summed E-state index contributed by atoms with van der Waals surface area (Å²) in [6.45, 7) is 1.29. The molecule has 0 radical (unpaired) electrons. The Morgan fingerprint density at radius 3 is 2.09 bits per heavy atom. The number of hydrogen-bond acceptors (Lipinski definition) is 4. The molecule has 4 aromatic rings. The predicted molar refractivity (Wildman–Crippen MR) is 175 cm³/mol. The molecule has 4 rings (SSSR count). The van der Waals surface area contributed by atoms with Crippen molar-refractivity contribution in [2.45, 2.75) is 30.8 Å². The average Bonchev–Trinajstić information content (AvgIpc) is 2.97. The number of carbonyl (C=O) groups excluding carboxylic acids is 2. The number of likely N-dealkylation sites (N-methyl/N-ethyl adjacent to an activating group) is 1. The Labute approximate surface area is 270 Å². The van der Waals surface area contributed by atoms with Crippen LogP contribution in [-0.4, -0.2) is 44.8 Å². The Morgan fingerprint density at radius 1 is 0.860 bits per heavy atom. The second-order valence-electron chi connectivity index (χ2n) is 9.92. The van der Waals surface area contributed by atoms with E-state index in [-0.39, 0.29) is 39.5 Å². The lowest BCUT2D eigenvalue weighted by Gasteiger charge is -2.33. The zero-order valence-corrected chi connectivity index (χ0v) is 27.4. The topological polar surface area (TPSA) is 86.8 Å². The van der Waals surface area contributed by atoms with Crippen molar-refractivity contribution in [1.82, 2.24) is 10.2 Å². The fourth-order valence-corrected chi connectivity index (χ4v) is 6.96. The number of sulfonamides is 1. The van der Waals surface area contributed by atoms with Crippen molar-refractivity contribution in [3.8, 4) is 0 Å². The minimum Gasteiger partial charge on any atom is -0.357 e. The standard InChI is InChI=1S/C32H30BrCl2N3O4S/c1-22-11-13-29(14-12-22)43(41,42)38(28-18-26(34)17-27(35)19-28)21-31(39)37(20-24-9-6-10-25(33)15-24)30(32(40)36-2)16-23-7-4-3-5-8-23/h3-15,17-19,30H,16,20-21H2,1-2H3,(H,36,40)/t30-/m0/s1. The van der Waals surface area contributed by atoms with Crippen LogP contribution in [0.1, 0.15) is 16.7 Å². The van der Waals surface area contributed by atoms with Crippen LogP contribution in [0.4, 0.5) is 5.69 Å². The highest BCUT2D eigenvalue weighted by Crippen LogP contribution is 2.30. The molecule has 0 saturated heterocycles. The van der Waals surface area contributed by atoms with Crippen LogP contribution in [0.3, 0.4) is 0 Å². The van der Waals surface area contributed by atoms with Crippen LogP contribution < -0.4 is 9.62 Å². The molecule has 11 heteroatoms. The van der Waals surface area contributed by atoms with Gasteiger partial charge in [0.2, 0.25) is 11.8 Å². The van der Waals surface area contributed by atoms with E-state index in [2.05, 4.69) is 21.2 Å². The summed E-state index contributed by atoms with van der Waals surface area (Å²) in [5, 5.41) is 3.08.